The van der Waals surface area contributed by atoms with Crippen LogP contribution in [-0.2, 0) is 0 Å². The minimum Gasteiger partial charge on any atom is -0.489 e. The van der Waals surface area contributed by atoms with Crippen molar-refractivity contribution < 1.29 is 50.1 Å². The molecule has 12 heteroatoms. The molecule has 0 spiro atoms. The SMILES string of the molecule is CC.C[C@@H](O)CN1CCOc2c(-c3cccc(OC(F)(F)F)c3)cccc21.FC(F)C(F)(F)Oc1ccccc1. The highest BCUT2D eigenvalue weighted by Gasteiger charge is 2.43. The van der Waals surface area contributed by atoms with Gasteiger partial charge in [0.25, 0.3) is 0 Å². The number of rotatable bonds is 7. The summed E-state index contributed by atoms with van der Waals surface area (Å²) in [6.45, 7) is 7.24. The molecule has 0 bridgehead atoms. The van der Waals surface area contributed by atoms with E-state index in [0.29, 0.717) is 36.6 Å². The van der Waals surface area contributed by atoms with E-state index < -0.39 is 25.0 Å². The highest BCUT2D eigenvalue weighted by Crippen LogP contribution is 2.41. The number of anilines is 1. The molecule has 40 heavy (non-hydrogen) atoms. The normalized spacial score (nSPS) is 13.6. The van der Waals surface area contributed by atoms with E-state index in [4.69, 9.17) is 4.74 Å². The number of aliphatic hydroxyl groups is 1. The van der Waals surface area contributed by atoms with Crippen LogP contribution in [0.1, 0.15) is 20.8 Å². The fourth-order valence-corrected chi connectivity index (χ4v) is 3.59. The Labute approximate surface area is 227 Å². The predicted molar refractivity (Wildman–Crippen MR) is 137 cm³/mol. The third-order valence-corrected chi connectivity index (χ3v) is 5.06. The van der Waals surface area contributed by atoms with Crippen LogP contribution in [0, 0.1) is 0 Å². The molecule has 0 unspecified atom stereocenters. The van der Waals surface area contributed by atoms with Gasteiger partial charge >= 0.3 is 18.9 Å². The molecule has 1 heterocycles. The Hall–Kier alpha value is -3.67. The third kappa shape index (κ3) is 9.82. The number of aliphatic hydroxyl groups excluding tert-OH is 1. The zero-order chi connectivity index (χ0) is 29.9. The van der Waals surface area contributed by atoms with Gasteiger partial charge in [-0.3, -0.25) is 0 Å². The van der Waals surface area contributed by atoms with Crippen LogP contribution in [0.5, 0.6) is 17.2 Å². The average Bonchev–Trinajstić information content (AvgIpc) is 2.89. The number of alkyl halides is 7. The topological polar surface area (TPSA) is 51.2 Å². The molecule has 1 aliphatic heterocycles. The Balaban J connectivity index is 0.000000315. The third-order valence-electron chi connectivity index (χ3n) is 5.06. The molecule has 0 saturated carbocycles. The van der Waals surface area contributed by atoms with Crippen LogP contribution in [0.2, 0.25) is 0 Å². The van der Waals surface area contributed by atoms with Crippen LogP contribution < -0.4 is 19.1 Å². The van der Waals surface area contributed by atoms with Crippen molar-refractivity contribution in [3.63, 3.8) is 0 Å². The number of ether oxygens (including phenoxy) is 3. The summed E-state index contributed by atoms with van der Waals surface area (Å²) >= 11 is 0. The second-order valence-corrected chi connectivity index (χ2v) is 8.15. The summed E-state index contributed by atoms with van der Waals surface area (Å²) in [5.74, 6) is 0.0330. The van der Waals surface area contributed by atoms with E-state index in [0.717, 1.165) is 5.69 Å². The van der Waals surface area contributed by atoms with Crippen molar-refractivity contribution in [3.8, 4) is 28.4 Å². The van der Waals surface area contributed by atoms with Gasteiger partial charge in [-0.1, -0.05) is 56.3 Å². The van der Waals surface area contributed by atoms with Gasteiger partial charge in [-0.05, 0) is 42.8 Å². The molecule has 0 radical (unpaired) electrons. The Morgan fingerprint density at radius 2 is 1.50 bits per heavy atom. The fourth-order valence-electron chi connectivity index (χ4n) is 3.59. The molecule has 4 rings (SSSR count). The minimum atomic E-state index is -4.74. The quantitative estimate of drug-likeness (QED) is 0.291. The minimum absolute atomic E-state index is 0.278. The van der Waals surface area contributed by atoms with Gasteiger partial charge in [-0.2, -0.15) is 17.6 Å². The van der Waals surface area contributed by atoms with E-state index in [1.807, 2.05) is 30.9 Å². The molecule has 1 N–H and O–H groups in total. The number of fused-ring (bicyclic) bond motifs is 1. The van der Waals surface area contributed by atoms with Crippen molar-refractivity contribution in [3.05, 3.63) is 72.8 Å². The van der Waals surface area contributed by atoms with Gasteiger partial charge < -0.3 is 24.2 Å². The van der Waals surface area contributed by atoms with Gasteiger partial charge in [0.1, 0.15) is 18.1 Å². The molecule has 1 aliphatic rings. The van der Waals surface area contributed by atoms with Crippen molar-refractivity contribution in [2.45, 2.75) is 45.8 Å². The van der Waals surface area contributed by atoms with Crippen LogP contribution in [0.25, 0.3) is 11.1 Å². The molecular formula is C28H30F7NO4. The fraction of sp³-hybridized carbons (Fsp3) is 0.357. The molecule has 0 amide bonds. The molecule has 0 fully saturated rings. The van der Waals surface area contributed by atoms with Crippen LogP contribution in [0.4, 0.5) is 36.4 Å². The second-order valence-electron chi connectivity index (χ2n) is 8.15. The van der Waals surface area contributed by atoms with Crippen molar-refractivity contribution in [1.29, 1.82) is 0 Å². The van der Waals surface area contributed by atoms with Crippen LogP contribution in [0.15, 0.2) is 72.8 Å². The van der Waals surface area contributed by atoms with E-state index in [9.17, 15) is 35.8 Å². The number of hydrogen-bond donors (Lipinski definition) is 1. The lowest BCUT2D eigenvalue weighted by atomic mass is 10.0. The van der Waals surface area contributed by atoms with E-state index >= 15 is 0 Å². The molecule has 220 valence electrons. The number of hydrogen-bond acceptors (Lipinski definition) is 5. The van der Waals surface area contributed by atoms with E-state index in [1.54, 1.807) is 25.1 Å². The maximum Gasteiger partial charge on any atom is 0.573 e. The van der Waals surface area contributed by atoms with E-state index in [1.165, 1.54) is 42.5 Å². The zero-order valence-corrected chi connectivity index (χ0v) is 22.0. The van der Waals surface area contributed by atoms with Gasteiger partial charge in [0.05, 0.1) is 18.3 Å². The molecule has 3 aromatic rings. The van der Waals surface area contributed by atoms with Crippen molar-refractivity contribution in [2.75, 3.05) is 24.6 Å². The summed E-state index contributed by atoms with van der Waals surface area (Å²) in [7, 11) is 0. The van der Waals surface area contributed by atoms with Crippen molar-refractivity contribution in [2.24, 2.45) is 0 Å². The summed E-state index contributed by atoms with van der Waals surface area (Å²) in [4.78, 5) is 2.00. The number of benzene rings is 3. The maximum absolute atomic E-state index is 12.4. The smallest absolute Gasteiger partial charge is 0.489 e. The Morgan fingerprint density at radius 3 is 2.10 bits per heavy atom. The lowest BCUT2D eigenvalue weighted by molar-refractivity contribution is -0.274. The molecule has 0 aliphatic carbocycles. The Morgan fingerprint density at radius 1 is 0.875 bits per heavy atom. The zero-order valence-electron chi connectivity index (χ0n) is 22.0. The Kier molecular flexibility index (Phi) is 11.9. The number of β-amino-alcohol motifs (C(OH)–C–C–N with tert-alkyl or cyclic N) is 1. The second kappa shape index (κ2) is 14.6. The summed E-state index contributed by atoms with van der Waals surface area (Å²) in [6.07, 6.45) is -13.5. The summed E-state index contributed by atoms with van der Waals surface area (Å²) in [5, 5.41) is 9.66. The first-order valence-corrected chi connectivity index (χ1v) is 12.3. The highest BCUT2D eigenvalue weighted by molar-refractivity contribution is 5.80. The first-order chi connectivity index (χ1) is 18.9. The first kappa shape index (κ1) is 32.5. The lowest BCUT2D eigenvalue weighted by Gasteiger charge is -2.33. The van der Waals surface area contributed by atoms with E-state index in [2.05, 4.69) is 9.47 Å². The summed E-state index contributed by atoms with van der Waals surface area (Å²) in [5.41, 5.74) is 2.06. The number of nitrogens with zero attached hydrogens (tertiary/aromatic N) is 1. The van der Waals surface area contributed by atoms with Gasteiger partial charge in [-0.25, -0.2) is 0 Å². The average molecular weight is 578 g/mol. The molecule has 1 atom stereocenters. The van der Waals surface area contributed by atoms with Gasteiger partial charge in [0, 0.05) is 12.1 Å². The van der Waals surface area contributed by atoms with Crippen LogP contribution in [0.3, 0.4) is 0 Å². The van der Waals surface area contributed by atoms with Gasteiger partial charge in [0.15, 0.2) is 5.75 Å². The Bertz CT molecular complexity index is 1170. The first-order valence-electron chi connectivity index (χ1n) is 12.3. The van der Waals surface area contributed by atoms with E-state index in [-0.39, 0.29) is 11.5 Å². The monoisotopic (exact) mass is 577 g/mol. The molecule has 3 aromatic carbocycles. The molecule has 0 saturated heterocycles. The van der Waals surface area contributed by atoms with Crippen LogP contribution >= 0.6 is 0 Å². The number of halogens is 7. The van der Waals surface area contributed by atoms with Crippen molar-refractivity contribution in [1.82, 2.24) is 0 Å². The van der Waals surface area contributed by atoms with Crippen LogP contribution in [-0.4, -0.2) is 49.8 Å². The molecule has 0 aromatic heterocycles. The summed E-state index contributed by atoms with van der Waals surface area (Å²) < 4.78 is 98.7. The predicted octanol–water partition coefficient (Wildman–Crippen LogP) is 7.78. The lowest BCUT2D eigenvalue weighted by Crippen LogP contribution is -2.37. The van der Waals surface area contributed by atoms with Gasteiger partial charge in [0.2, 0.25) is 0 Å². The van der Waals surface area contributed by atoms with Crippen molar-refractivity contribution >= 4 is 5.69 Å². The molecule has 5 nitrogen and oxygen atoms in total. The number of para-hydroxylation sites is 2. The highest BCUT2D eigenvalue weighted by atomic mass is 19.4. The van der Waals surface area contributed by atoms with Gasteiger partial charge in [-0.15, -0.1) is 13.2 Å². The summed E-state index contributed by atoms with van der Waals surface area (Å²) in [6, 6.07) is 18.0. The largest absolute Gasteiger partial charge is 0.573 e. The standard InChI is InChI=1S/C18H18F3NO3.C8H6F4O.C2H6/c1-12(23)11-22-8-9-24-17-15(6-3-7-16(17)22)13-4-2-5-14(10-13)25-18(19,20)21;9-7(10)8(11,12)13-6-4-2-1-3-5-6;1-2/h2-7,10,12,23H,8-9,11H2,1H3;1-5,7H;1-2H3/t12-;;/m1../s1. The maximum atomic E-state index is 12.4. The molecular weight excluding hydrogens is 547 g/mol.